The number of carbonyl (C=O) groups excluding carboxylic acids is 1. The zero-order valence-electron chi connectivity index (χ0n) is 22.0. The fourth-order valence-corrected chi connectivity index (χ4v) is 7.81. The van der Waals surface area contributed by atoms with E-state index in [4.69, 9.17) is 16.3 Å². The highest BCUT2D eigenvalue weighted by molar-refractivity contribution is 7.92. The van der Waals surface area contributed by atoms with Crippen molar-refractivity contribution in [1.82, 2.24) is 9.21 Å². The monoisotopic (exact) mass is 627 g/mol. The Morgan fingerprint density at radius 3 is 2.50 bits per heavy atom. The van der Waals surface area contributed by atoms with E-state index in [1.165, 1.54) is 64.8 Å². The van der Waals surface area contributed by atoms with E-state index in [9.17, 15) is 26.7 Å². The second-order valence-corrected chi connectivity index (χ2v) is 14.9. The number of aliphatic hydroxyl groups excluding tert-OH is 1. The third kappa shape index (κ3) is 6.45. The van der Waals surface area contributed by atoms with E-state index >= 15 is 0 Å². The van der Waals surface area contributed by atoms with Crippen LogP contribution in [0.2, 0.25) is 5.02 Å². The Bertz CT molecular complexity index is 1560. The quantitative estimate of drug-likeness (QED) is 0.369. The summed E-state index contributed by atoms with van der Waals surface area (Å²) in [7, 11) is -6.27. The van der Waals surface area contributed by atoms with Gasteiger partial charge in [0.1, 0.15) is 16.1 Å². The number of fused-ring (bicyclic) bond motifs is 1. The molecule has 2 aromatic carbocycles. The van der Waals surface area contributed by atoms with Crippen molar-refractivity contribution in [1.29, 1.82) is 0 Å². The number of nitrogens with one attached hydrogen (secondary N) is 1. The van der Waals surface area contributed by atoms with Gasteiger partial charge in [-0.3, -0.25) is 9.52 Å². The summed E-state index contributed by atoms with van der Waals surface area (Å²) in [6, 6.07) is 12.6. The number of likely N-dealkylation sites (N-methyl/N-ethyl adjacent to an activating group) is 1. The molecule has 3 atom stereocenters. The number of thiophene rings is 1. The first-order valence-corrected chi connectivity index (χ1v) is 16.5. The smallest absolute Gasteiger partial charge is 0.261 e. The van der Waals surface area contributed by atoms with E-state index < -0.39 is 38.1 Å². The van der Waals surface area contributed by atoms with E-state index in [1.54, 1.807) is 18.4 Å². The Kier molecular flexibility index (Phi) is 9.12. The summed E-state index contributed by atoms with van der Waals surface area (Å²) < 4.78 is 62.2. The SMILES string of the molecule is C[C@H]1CN([C@@H](C)CO)C(=O)c2cc(NS(=O)(=O)c3ccc(Cl)cc3)ccc2O[C@H]1CN(C)S(=O)(=O)c1cccs1. The fraction of sp³-hybridized carbons (Fsp3) is 0.346. The van der Waals surface area contributed by atoms with E-state index in [0.717, 1.165) is 11.3 Å². The topological polar surface area (TPSA) is 133 Å². The number of amides is 1. The molecular weight excluding hydrogens is 598 g/mol. The molecule has 10 nitrogen and oxygen atoms in total. The number of sulfonamides is 2. The molecule has 0 fully saturated rings. The molecule has 1 aromatic heterocycles. The van der Waals surface area contributed by atoms with Gasteiger partial charge in [-0.05, 0) is 60.8 Å². The Hall–Kier alpha value is -2.68. The average molecular weight is 628 g/mol. The van der Waals surface area contributed by atoms with Crippen LogP contribution in [0.4, 0.5) is 5.69 Å². The maximum Gasteiger partial charge on any atom is 0.261 e. The van der Waals surface area contributed by atoms with Crippen molar-refractivity contribution in [2.45, 2.75) is 35.1 Å². The van der Waals surface area contributed by atoms with Crippen LogP contribution in [0, 0.1) is 5.92 Å². The lowest BCUT2D eigenvalue weighted by Crippen LogP contribution is -2.50. The first-order valence-electron chi connectivity index (χ1n) is 12.3. The minimum absolute atomic E-state index is 0.00131. The van der Waals surface area contributed by atoms with Crippen molar-refractivity contribution < 1.29 is 31.5 Å². The van der Waals surface area contributed by atoms with Gasteiger partial charge in [-0.1, -0.05) is 24.6 Å². The number of aliphatic hydroxyl groups is 1. The zero-order chi connectivity index (χ0) is 29.2. The third-order valence-electron chi connectivity index (χ3n) is 6.64. The maximum atomic E-state index is 13.6. The van der Waals surface area contributed by atoms with Crippen LogP contribution in [0.25, 0.3) is 0 Å². The highest BCUT2D eigenvalue weighted by atomic mass is 35.5. The summed E-state index contributed by atoms with van der Waals surface area (Å²) in [5.41, 5.74) is 0.210. The van der Waals surface area contributed by atoms with Gasteiger partial charge in [0.2, 0.25) is 0 Å². The molecule has 0 aliphatic carbocycles. The fourth-order valence-electron chi connectivity index (χ4n) is 4.25. The molecule has 0 saturated heterocycles. The standard InChI is InChI=1S/C26H30ClN3O7S3/c1-17-14-30(18(2)16-31)26(32)22-13-20(28-39(33,34)21-9-6-19(27)7-10-21)8-11-23(22)37-24(17)15-29(3)40(35,36)25-5-4-12-38-25/h4-13,17-18,24,28,31H,14-16H2,1-3H3/t17-,18-,24-/m0/s1. The molecule has 0 saturated carbocycles. The zero-order valence-corrected chi connectivity index (χ0v) is 25.2. The molecule has 4 rings (SSSR count). The normalized spacial score (nSPS) is 18.9. The lowest BCUT2D eigenvalue weighted by Gasteiger charge is -2.38. The molecule has 0 unspecified atom stereocenters. The van der Waals surface area contributed by atoms with Crippen LogP contribution < -0.4 is 9.46 Å². The number of nitrogens with zero attached hydrogens (tertiary/aromatic N) is 2. The third-order valence-corrected chi connectivity index (χ3v) is 11.5. The first-order chi connectivity index (χ1) is 18.8. The molecule has 216 valence electrons. The summed E-state index contributed by atoms with van der Waals surface area (Å²) in [6.07, 6.45) is -0.656. The molecule has 2 heterocycles. The lowest BCUT2D eigenvalue weighted by molar-refractivity contribution is 0.0387. The Balaban J connectivity index is 1.68. The number of anilines is 1. The molecule has 0 radical (unpaired) electrons. The minimum atomic E-state index is -3.99. The maximum absolute atomic E-state index is 13.6. The van der Waals surface area contributed by atoms with E-state index in [2.05, 4.69) is 4.72 Å². The molecule has 0 spiro atoms. The number of hydrogen-bond donors (Lipinski definition) is 2. The van der Waals surface area contributed by atoms with Crippen molar-refractivity contribution >= 4 is 54.6 Å². The Morgan fingerprint density at radius 2 is 1.88 bits per heavy atom. The van der Waals surface area contributed by atoms with Gasteiger partial charge in [-0.2, -0.15) is 4.31 Å². The summed E-state index contributed by atoms with van der Waals surface area (Å²) in [5.74, 6) is -0.586. The second-order valence-electron chi connectivity index (χ2n) is 9.61. The van der Waals surface area contributed by atoms with Gasteiger partial charge in [0.25, 0.3) is 26.0 Å². The molecular formula is C26H30ClN3O7S3. The van der Waals surface area contributed by atoms with Crippen molar-refractivity contribution in [2.24, 2.45) is 5.92 Å². The summed E-state index contributed by atoms with van der Waals surface area (Å²) in [4.78, 5) is 15.1. The Labute approximate surface area is 243 Å². The van der Waals surface area contributed by atoms with Crippen molar-refractivity contribution in [2.75, 3.05) is 31.5 Å². The summed E-state index contributed by atoms with van der Waals surface area (Å²) >= 11 is 6.99. The van der Waals surface area contributed by atoms with Crippen LogP contribution >= 0.6 is 22.9 Å². The molecule has 2 N–H and O–H groups in total. The predicted molar refractivity (Wildman–Crippen MR) is 154 cm³/mol. The van der Waals surface area contributed by atoms with Crippen LogP contribution in [0.3, 0.4) is 0 Å². The molecule has 40 heavy (non-hydrogen) atoms. The largest absolute Gasteiger partial charge is 0.488 e. The molecule has 3 aromatic rings. The molecule has 1 aliphatic rings. The van der Waals surface area contributed by atoms with E-state index in [1.807, 2.05) is 6.92 Å². The van der Waals surface area contributed by atoms with Gasteiger partial charge < -0.3 is 14.7 Å². The predicted octanol–water partition coefficient (Wildman–Crippen LogP) is 3.74. The van der Waals surface area contributed by atoms with Crippen LogP contribution in [0.1, 0.15) is 24.2 Å². The number of halogens is 1. The lowest BCUT2D eigenvalue weighted by atomic mass is 9.99. The highest BCUT2D eigenvalue weighted by Crippen LogP contribution is 2.32. The summed E-state index contributed by atoms with van der Waals surface area (Å²) in [5, 5.41) is 11.9. The number of hydrogen-bond acceptors (Lipinski definition) is 8. The van der Waals surface area contributed by atoms with E-state index in [-0.39, 0.29) is 51.7 Å². The first kappa shape index (κ1) is 30.3. The number of carbonyl (C=O) groups is 1. The van der Waals surface area contributed by atoms with Crippen molar-refractivity contribution in [3.05, 3.63) is 70.6 Å². The van der Waals surface area contributed by atoms with E-state index in [0.29, 0.717) is 5.02 Å². The molecule has 1 amide bonds. The van der Waals surface area contributed by atoms with Crippen LogP contribution in [-0.4, -0.2) is 75.9 Å². The van der Waals surface area contributed by atoms with Crippen molar-refractivity contribution in [3.63, 3.8) is 0 Å². The average Bonchev–Trinajstić information content (AvgIpc) is 3.47. The Morgan fingerprint density at radius 1 is 1.18 bits per heavy atom. The molecule has 14 heteroatoms. The minimum Gasteiger partial charge on any atom is -0.488 e. The second kappa shape index (κ2) is 12.0. The van der Waals surface area contributed by atoms with Crippen LogP contribution in [0.15, 0.2) is 69.1 Å². The van der Waals surface area contributed by atoms with Crippen LogP contribution in [0.5, 0.6) is 5.75 Å². The number of ether oxygens (including phenoxy) is 1. The van der Waals surface area contributed by atoms with Gasteiger partial charge in [-0.15, -0.1) is 11.3 Å². The van der Waals surface area contributed by atoms with Crippen molar-refractivity contribution in [3.8, 4) is 5.75 Å². The van der Waals surface area contributed by atoms with Gasteiger partial charge in [-0.25, -0.2) is 16.8 Å². The summed E-state index contributed by atoms with van der Waals surface area (Å²) in [6.45, 7) is 3.43. The van der Waals surface area contributed by atoms with Crippen LogP contribution in [-0.2, 0) is 20.0 Å². The van der Waals surface area contributed by atoms with Gasteiger partial charge in [0.05, 0.1) is 29.7 Å². The van der Waals surface area contributed by atoms with Gasteiger partial charge in [0.15, 0.2) is 0 Å². The number of rotatable bonds is 9. The molecule has 0 bridgehead atoms. The van der Waals surface area contributed by atoms with Gasteiger partial charge in [0, 0.05) is 30.2 Å². The number of benzene rings is 2. The van der Waals surface area contributed by atoms with Gasteiger partial charge >= 0.3 is 0 Å². The molecule has 1 aliphatic heterocycles. The highest BCUT2D eigenvalue weighted by Gasteiger charge is 2.35.